The van der Waals surface area contributed by atoms with E-state index in [1.54, 1.807) is 0 Å². The molecular weight excluding hydrogens is 186 g/mol. The van der Waals surface area contributed by atoms with Crippen molar-refractivity contribution in [1.82, 2.24) is 0 Å². The molecule has 2 aromatic rings. The summed E-state index contributed by atoms with van der Waals surface area (Å²) in [7, 11) is 0. The second-order valence-corrected chi connectivity index (χ2v) is 3.32. The fourth-order valence-corrected chi connectivity index (χ4v) is 1.48. The van der Waals surface area contributed by atoms with Crippen LogP contribution in [0.4, 0.5) is 5.69 Å². The summed E-state index contributed by atoms with van der Waals surface area (Å²) in [6, 6.07) is 17.9. The number of benzene rings is 2. The third-order valence-electron chi connectivity index (χ3n) is 2.25. The van der Waals surface area contributed by atoms with Gasteiger partial charge in [0.15, 0.2) is 0 Å². The van der Waals surface area contributed by atoms with Gasteiger partial charge in [0.25, 0.3) is 0 Å². The summed E-state index contributed by atoms with van der Waals surface area (Å²) in [5.41, 5.74) is 3.05. The van der Waals surface area contributed by atoms with Crippen LogP contribution >= 0.6 is 0 Å². The van der Waals surface area contributed by atoms with Gasteiger partial charge in [-0.2, -0.15) is 0 Å². The van der Waals surface area contributed by atoms with E-state index in [-0.39, 0.29) is 0 Å². The molecule has 3 nitrogen and oxygen atoms in total. The first-order valence-electron chi connectivity index (χ1n) is 4.72. The fourth-order valence-electron chi connectivity index (χ4n) is 1.48. The number of nitrogens with zero attached hydrogens (tertiary/aromatic N) is 1. The van der Waals surface area contributed by atoms with Gasteiger partial charge in [-0.15, -0.1) is 0 Å². The van der Waals surface area contributed by atoms with Gasteiger partial charge in [-0.1, -0.05) is 42.5 Å². The lowest BCUT2D eigenvalue weighted by molar-refractivity contribution is 0.925. The molecule has 0 heterocycles. The first-order valence-corrected chi connectivity index (χ1v) is 4.72. The predicted molar refractivity (Wildman–Crippen MR) is 62.7 cm³/mol. The van der Waals surface area contributed by atoms with Crippen molar-refractivity contribution in [1.29, 1.82) is 0 Å². The van der Waals surface area contributed by atoms with E-state index in [1.165, 1.54) is 0 Å². The van der Waals surface area contributed by atoms with Crippen molar-refractivity contribution in [3.63, 3.8) is 0 Å². The number of hydrogen-bond donors (Lipinski definition) is 2. The molecule has 0 aliphatic carbocycles. The molecule has 0 saturated heterocycles. The Morgan fingerprint density at radius 2 is 1.40 bits per heavy atom. The largest absolute Gasteiger partial charge is 0.247 e. The van der Waals surface area contributed by atoms with Gasteiger partial charge in [-0.05, 0) is 23.3 Å². The first kappa shape index (κ1) is 9.71. The number of anilines is 1. The van der Waals surface area contributed by atoms with Crippen LogP contribution in [0.3, 0.4) is 0 Å². The zero-order chi connectivity index (χ0) is 10.7. The van der Waals surface area contributed by atoms with Crippen molar-refractivity contribution >= 4 is 5.69 Å². The molecule has 0 aliphatic heterocycles. The topological polar surface area (TPSA) is 55.3 Å². The monoisotopic (exact) mass is 199 g/mol. The summed E-state index contributed by atoms with van der Waals surface area (Å²) in [5.74, 6) is 10.9. The molecule has 0 atom stereocenters. The Kier molecular flexibility index (Phi) is 2.67. The normalized spacial score (nSPS) is 10.0. The maximum atomic E-state index is 5.47. The minimum atomic E-state index is 0.788. The minimum Gasteiger partial charge on any atom is -0.247 e. The Labute approximate surface area is 88.9 Å². The number of rotatable bonds is 2. The van der Waals surface area contributed by atoms with Crippen LogP contribution in [0.25, 0.3) is 11.1 Å². The van der Waals surface area contributed by atoms with Gasteiger partial charge >= 0.3 is 0 Å². The molecule has 0 radical (unpaired) electrons. The van der Waals surface area contributed by atoms with E-state index in [4.69, 9.17) is 11.7 Å². The average molecular weight is 199 g/mol. The molecule has 4 N–H and O–H groups in total. The molecule has 0 bridgehead atoms. The molecule has 0 amide bonds. The highest BCUT2D eigenvalue weighted by atomic mass is 15.6. The Morgan fingerprint density at radius 1 is 0.733 bits per heavy atom. The highest BCUT2D eigenvalue weighted by molar-refractivity contribution is 5.67. The standard InChI is InChI=1S/C12H13N3/c13-15(14)12-8-4-7-11(9-12)10-5-2-1-3-6-10/h1-9H,13-14H2. The molecule has 0 aromatic heterocycles. The first-order chi connectivity index (χ1) is 7.27. The highest BCUT2D eigenvalue weighted by Gasteiger charge is 1.99. The third kappa shape index (κ3) is 2.15. The lowest BCUT2D eigenvalue weighted by Gasteiger charge is -2.12. The average Bonchev–Trinajstić information content (AvgIpc) is 2.30. The molecule has 0 aliphatic rings. The molecule has 0 saturated carbocycles. The molecule has 15 heavy (non-hydrogen) atoms. The van der Waals surface area contributed by atoms with Gasteiger partial charge < -0.3 is 0 Å². The quantitative estimate of drug-likeness (QED) is 0.573. The van der Waals surface area contributed by atoms with Crippen LogP contribution in [0.1, 0.15) is 0 Å². The van der Waals surface area contributed by atoms with Gasteiger partial charge in [0.05, 0.1) is 5.69 Å². The summed E-state index contributed by atoms with van der Waals surface area (Å²) in [6.07, 6.45) is 0. The molecule has 0 fully saturated rings. The van der Waals surface area contributed by atoms with Crippen molar-refractivity contribution in [2.45, 2.75) is 0 Å². The zero-order valence-electron chi connectivity index (χ0n) is 8.30. The van der Waals surface area contributed by atoms with Gasteiger partial charge in [-0.25, -0.2) is 16.8 Å². The second-order valence-electron chi connectivity index (χ2n) is 3.32. The van der Waals surface area contributed by atoms with Gasteiger partial charge in [0, 0.05) is 0 Å². The minimum absolute atomic E-state index is 0.788. The number of hydrogen-bond acceptors (Lipinski definition) is 3. The van der Waals surface area contributed by atoms with Crippen molar-refractivity contribution < 1.29 is 0 Å². The molecular formula is C12H13N3. The van der Waals surface area contributed by atoms with Crippen LogP contribution in [0.2, 0.25) is 0 Å². The molecule has 76 valence electrons. The van der Waals surface area contributed by atoms with E-state index in [1.807, 2.05) is 42.5 Å². The summed E-state index contributed by atoms with van der Waals surface area (Å²) in [4.78, 5) is 0. The molecule has 2 aromatic carbocycles. The van der Waals surface area contributed by atoms with E-state index >= 15 is 0 Å². The summed E-state index contributed by atoms with van der Waals surface area (Å²) in [6.45, 7) is 0. The predicted octanol–water partition coefficient (Wildman–Crippen LogP) is 1.91. The Bertz CT molecular complexity index is 438. The number of nitrogens with two attached hydrogens (primary N) is 2. The van der Waals surface area contributed by atoms with Crippen molar-refractivity contribution in [2.75, 3.05) is 5.12 Å². The molecule has 3 heteroatoms. The van der Waals surface area contributed by atoms with Crippen LogP contribution in [0, 0.1) is 0 Å². The van der Waals surface area contributed by atoms with Gasteiger partial charge in [-0.3, -0.25) is 0 Å². The van der Waals surface area contributed by atoms with Crippen molar-refractivity contribution in [3.8, 4) is 11.1 Å². The van der Waals surface area contributed by atoms with E-state index in [9.17, 15) is 0 Å². The fraction of sp³-hybridized carbons (Fsp3) is 0. The second kappa shape index (κ2) is 4.13. The van der Waals surface area contributed by atoms with Gasteiger partial charge in [0.1, 0.15) is 0 Å². The van der Waals surface area contributed by atoms with Crippen LogP contribution in [0.15, 0.2) is 54.6 Å². The Balaban J connectivity index is 2.42. The van der Waals surface area contributed by atoms with E-state index in [2.05, 4.69) is 12.1 Å². The maximum Gasteiger partial charge on any atom is 0.0703 e. The lowest BCUT2D eigenvalue weighted by atomic mass is 10.1. The molecule has 0 spiro atoms. The van der Waals surface area contributed by atoms with Crippen LogP contribution in [-0.2, 0) is 0 Å². The Morgan fingerprint density at radius 3 is 2.07 bits per heavy atom. The third-order valence-corrected chi connectivity index (χ3v) is 2.25. The van der Waals surface area contributed by atoms with Crippen LogP contribution < -0.4 is 16.8 Å². The zero-order valence-corrected chi connectivity index (χ0v) is 8.30. The highest BCUT2D eigenvalue weighted by Crippen LogP contribution is 2.22. The van der Waals surface area contributed by atoms with Crippen LogP contribution in [0.5, 0.6) is 0 Å². The van der Waals surface area contributed by atoms with Gasteiger partial charge in [0.2, 0.25) is 0 Å². The summed E-state index contributed by atoms with van der Waals surface area (Å²) >= 11 is 0. The van der Waals surface area contributed by atoms with E-state index in [0.29, 0.717) is 0 Å². The maximum absolute atomic E-state index is 5.47. The Hall–Kier alpha value is -1.84. The van der Waals surface area contributed by atoms with Crippen molar-refractivity contribution in [2.24, 2.45) is 11.7 Å². The summed E-state index contributed by atoms with van der Waals surface area (Å²) in [5, 5.41) is 1.12. The smallest absolute Gasteiger partial charge is 0.0703 e. The molecule has 0 unspecified atom stereocenters. The number of hydrazine groups is 2. The van der Waals surface area contributed by atoms with Crippen LogP contribution in [-0.4, -0.2) is 0 Å². The van der Waals surface area contributed by atoms with Crippen molar-refractivity contribution in [3.05, 3.63) is 54.6 Å². The molecule has 2 rings (SSSR count). The lowest BCUT2D eigenvalue weighted by Crippen LogP contribution is -2.37. The SMILES string of the molecule is NN(N)c1cccc(-c2ccccc2)c1. The summed E-state index contributed by atoms with van der Waals surface area (Å²) < 4.78 is 0. The van der Waals surface area contributed by atoms with E-state index in [0.717, 1.165) is 21.9 Å². The van der Waals surface area contributed by atoms with E-state index < -0.39 is 0 Å².